The van der Waals surface area contributed by atoms with Crippen LogP contribution in [0.15, 0.2) is 47.7 Å². The van der Waals surface area contributed by atoms with Gasteiger partial charge in [-0.2, -0.15) is 0 Å². The SMILES string of the molecule is CCNC(=NCc1ccc(C)cc1OCCOCC)NCC(=O)Nc1cccnc1. The van der Waals surface area contributed by atoms with Crippen LogP contribution in [0, 0.1) is 6.92 Å². The van der Waals surface area contributed by atoms with E-state index in [1.807, 2.05) is 39.0 Å². The minimum Gasteiger partial charge on any atom is -0.491 e. The second-order valence-electron chi connectivity index (χ2n) is 6.50. The van der Waals surface area contributed by atoms with Gasteiger partial charge in [-0.25, -0.2) is 4.99 Å². The molecule has 30 heavy (non-hydrogen) atoms. The van der Waals surface area contributed by atoms with Crippen LogP contribution in [0.5, 0.6) is 5.75 Å². The Kier molecular flexibility index (Phi) is 10.2. The largest absolute Gasteiger partial charge is 0.491 e. The van der Waals surface area contributed by atoms with Gasteiger partial charge in [0.05, 0.1) is 31.6 Å². The van der Waals surface area contributed by atoms with Crippen molar-refractivity contribution in [2.24, 2.45) is 4.99 Å². The Morgan fingerprint density at radius 3 is 2.77 bits per heavy atom. The summed E-state index contributed by atoms with van der Waals surface area (Å²) in [6, 6.07) is 9.59. The molecule has 0 aliphatic heterocycles. The van der Waals surface area contributed by atoms with Gasteiger partial charge >= 0.3 is 0 Å². The first-order chi connectivity index (χ1) is 14.6. The molecule has 0 unspecified atom stereocenters. The number of rotatable bonds is 11. The van der Waals surface area contributed by atoms with Crippen molar-refractivity contribution in [2.75, 3.05) is 38.2 Å². The first-order valence-electron chi connectivity index (χ1n) is 10.1. The molecule has 1 heterocycles. The lowest BCUT2D eigenvalue weighted by Gasteiger charge is -2.14. The molecule has 0 spiro atoms. The van der Waals surface area contributed by atoms with Crippen molar-refractivity contribution in [3.63, 3.8) is 0 Å². The normalized spacial score (nSPS) is 11.1. The average molecular weight is 414 g/mol. The third kappa shape index (κ3) is 8.48. The summed E-state index contributed by atoms with van der Waals surface area (Å²) in [5.41, 5.74) is 2.74. The van der Waals surface area contributed by atoms with E-state index in [1.165, 1.54) is 0 Å². The molecule has 0 bridgehead atoms. The van der Waals surface area contributed by atoms with Gasteiger partial charge in [0.1, 0.15) is 12.4 Å². The molecule has 3 N–H and O–H groups in total. The highest BCUT2D eigenvalue weighted by Crippen LogP contribution is 2.21. The van der Waals surface area contributed by atoms with Crippen LogP contribution in [-0.4, -0.2) is 49.8 Å². The Hall–Kier alpha value is -3.13. The Labute approximate surface area is 178 Å². The molecular formula is C22H31N5O3. The van der Waals surface area contributed by atoms with Crippen molar-refractivity contribution < 1.29 is 14.3 Å². The molecule has 1 amide bonds. The highest BCUT2D eigenvalue weighted by molar-refractivity contribution is 5.94. The van der Waals surface area contributed by atoms with E-state index in [-0.39, 0.29) is 12.5 Å². The number of hydrogen-bond donors (Lipinski definition) is 3. The molecule has 0 atom stereocenters. The molecule has 162 valence electrons. The third-order valence-electron chi connectivity index (χ3n) is 4.03. The summed E-state index contributed by atoms with van der Waals surface area (Å²) in [7, 11) is 0. The van der Waals surface area contributed by atoms with Crippen LogP contribution in [0.1, 0.15) is 25.0 Å². The number of ether oxygens (including phenoxy) is 2. The maximum absolute atomic E-state index is 12.1. The van der Waals surface area contributed by atoms with Gasteiger partial charge < -0.3 is 25.4 Å². The Morgan fingerprint density at radius 2 is 2.03 bits per heavy atom. The van der Waals surface area contributed by atoms with Gasteiger partial charge in [-0.15, -0.1) is 0 Å². The maximum atomic E-state index is 12.1. The Morgan fingerprint density at radius 1 is 1.17 bits per heavy atom. The van der Waals surface area contributed by atoms with Crippen LogP contribution < -0.4 is 20.7 Å². The van der Waals surface area contributed by atoms with Gasteiger partial charge in [-0.05, 0) is 44.5 Å². The quantitative estimate of drug-likeness (QED) is 0.298. The highest BCUT2D eigenvalue weighted by Gasteiger charge is 2.07. The molecule has 0 saturated carbocycles. The van der Waals surface area contributed by atoms with Crippen molar-refractivity contribution in [3.05, 3.63) is 53.9 Å². The zero-order valence-corrected chi connectivity index (χ0v) is 17.9. The Bertz CT molecular complexity index is 812. The minimum atomic E-state index is -0.177. The molecule has 1 aromatic carbocycles. The predicted octanol–water partition coefficient (Wildman–Crippen LogP) is 2.50. The first kappa shape index (κ1) is 23.2. The number of aryl methyl sites for hydroxylation is 1. The highest BCUT2D eigenvalue weighted by atomic mass is 16.5. The number of aromatic nitrogens is 1. The van der Waals surface area contributed by atoms with Crippen molar-refractivity contribution in [1.82, 2.24) is 15.6 Å². The number of aliphatic imine (C=N–C) groups is 1. The first-order valence-corrected chi connectivity index (χ1v) is 10.1. The monoisotopic (exact) mass is 413 g/mol. The minimum absolute atomic E-state index is 0.0896. The van der Waals surface area contributed by atoms with Crippen LogP contribution in [0.3, 0.4) is 0 Å². The topological polar surface area (TPSA) is 96.9 Å². The van der Waals surface area contributed by atoms with Crippen molar-refractivity contribution >= 4 is 17.6 Å². The molecule has 0 radical (unpaired) electrons. The van der Waals surface area contributed by atoms with E-state index in [9.17, 15) is 4.79 Å². The van der Waals surface area contributed by atoms with Crippen LogP contribution in [-0.2, 0) is 16.1 Å². The number of nitrogens with zero attached hydrogens (tertiary/aromatic N) is 2. The van der Waals surface area contributed by atoms with E-state index >= 15 is 0 Å². The molecule has 8 nitrogen and oxygen atoms in total. The fourth-order valence-corrected chi connectivity index (χ4v) is 2.59. The fourth-order valence-electron chi connectivity index (χ4n) is 2.59. The molecule has 0 saturated heterocycles. The number of benzene rings is 1. The molecule has 0 aliphatic carbocycles. The summed E-state index contributed by atoms with van der Waals surface area (Å²) in [6.45, 7) is 8.84. The molecule has 2 aromatic rings. The molecule has 0 fully saturated rings. The molecule has 2 rings (SSSR count). The van der Waals surface area contributed by atoms with Crippen LogP contribution in [0.25, 0.3) is 0 Å². The number of hydrogen-bond acceptors (Lipinski definition) is 5. The van der Waals surface area contributed by atoms with E-state index < -0.39 is 0 Å². The van der Waals surface area contributed by atoms with E-state index in [4.69, 9.17) is 9.47 Å². The van der Waals surface area contributed by atoms with Gasteiger partial charge in [0.2, 0.25) is 5.91 Å². The van der Waals surface area contributed by atoms with E-state index in [0.717, 1.165) is 16.9 Å². The zero-order valence-electron chi connectivity index (χ0n) is 17.9. The molecule has 8 heteroatoms. The van der Waals surface area contributed by atoms with Gasteiger partial charge in [-0.3, -0.25) is 9.78 Å². The van der Waals surface area contributed by atoms with Crippen molar-refractivity contribution in [3.8, 4) is 5.75 Å². The van der Waals surface area contributed by atoms with Crippen molar-refractivity contribution in [2.45, 2.75) is 27.3 Å². The smallest absolute Gasteiger partial charge is 0.243 e. The van der Waals surface area contributed by atoms with Gasteiger partial charge in [-0.1, -0.05) is 12.1 Å². The predicted molar refractivity (Wildman–Crippen MR) is 119 cm³/mol. The van der Waals surface area contributed by atoms with Crippen LogP contribution >= 0.6 is 0 Å². The number of amides is 1. The number of anilines is 1. The average Bonchev–Trinajstić information content (AvgIpc) is 2.75. The lowest BCUT2D eigenvalue weighted by molar-refractivity contribution is -0.115. The van der Waals surface area contributed by atoms with E-state index in [2.05, 4.69) is 25.9 Å². The molecule has 0 aliphatic rings. The fraction of sp³-hybridized carbons (Fsp3) is 0.409. The summed E-state index contributed by atoms with van der Waals surface area (Å²) in [5.74, 6) is 1.17. The van der Waals surface area contributed by atoms with Crippen molar-refractivity contribution in [1.29, 1.82) is 0 Å². The standard InChI is InChI=1S/C22H31N5O3/c1-4-24-22(26-16-21(28)27-19-7-6-10-23-15-19)25-14-18-9-8-17(3)13-20(18)30-12-11-29-5-2/h6-10,13,15H,4-5,11-12,14,16H2,1-3H3,(H,27,28)(H2,24,25,26). The number of carbonyl (C=O) groups excluding carboxylic acids is 1. The second-order valence-corrected chi connectivity index (χ2v) is 6.50. The van der Waals surface area contributed by atoms with Gasteiger partial charge in [0.25, 0.3) is 0 Å². The van der Waals surface area contributed by atoms with Crippen LogP contribution in [0.4, 0.5) is 5.69 Å². The lowest BCUT2D eigenvalue weighted by atomic mass is 10.1. The Balaban J connectivity index is 1.95. The summed E-state index contributed by atoms with van der Waals surface area (Å²) >= 11 is 0. The summed E-state index contributed by atoms with van der Waals surface area (Å²) in [5, 5.41) is 8.98. The second kappa shape index (κ2) is 13.2. The number of carbonyl (C=O) groups is 1. The van der Waals surface area contributed by atoms with Gasteiger partial charge in [0, 0.05) is 24.9 Å². The maximum Gasteiger partial charge on any atom is 0.243 e. The van der Waals surface area contributed by atoms with E-state index in [1.54, 1.807) is 24.5 Å². The zero-order chi connectivity index (χ0) is 21.6. The molecular weight excluding hydrogens is 382 g/mol. The third-order valence-corrected chi connectivity index (χ3v) is 4.03. The number of guanidine groups is 1. The van der Waals surface area contributed by atoms with E-state index in [0.29, 0.717) is 44.6 Å². The number of pyridine rings is 1. The lowest BCUT2D eigenvalue weighted by Crippen LogP contribution is -2.41. The summed E-state index contributed by atoms with van der Waals surface area (Å²) in [4.78, 5) is 20.7. The summed E-state index contributed by atoms with van der Waals surface area (Å²) in [6.07, 6.45) is 3.26. The number of nitrogens with one attached hydrogen (secondary N) is 3. The van der Waals surface area contributed by atoms with Gasteiger partial charge in [0.15, 0.2) is 5.96 Å². The summed E-state index contributed by atoms with van der Waals surface area (Å²) < 4.78 is 11.2. The molecule has 1 aromatic heterocycles. The van der Waals surface area contributed by atoms with Crippen LogP contribution in [0.2, 0.25) is 0 Å².